The van der Waals surface area contributed by atoms with Crippen molar-refractivity contribution in [3.05, 3.63) is 65.2 Å². The lowest BCUT2D eigenvalue weighted by Crippen LogP contribution is -2.33. The Bertz CT molecular complexity index is 811. The van der Waals surface area contributed by atoms with Crippen molar-refractivity contribution in [3.63, 3.8) is 0 Å². The van der Waals surface area contributed by atoms with Gasteiger partial charge in [-0.3, -0.25) is 4.79 Å². The predicted octanol–water partition coefficient (Wildman–Crippen LogP) is 3.83. The van der Waals surface area contributed by atoms with Gasteiger partial charge in [0.25, 0.3) is 5.91 Å². The van der Waals surface area contributed by atoms with Gasteiger partial charge in [0.15, 0.2) is 6.61 Å². The molecule has 27 heavy (non-hydrogen) atoms. The molecule has 5 nitrogen and oxygen atoms in total. The molecule has 0 bridgehead atoms. The Kier molecular flexibility index (Phi) is 6.35. The molecular weight excluding hydrogens is 354 g/mol. The van der Waals surface area contributed by atoms with E-state index in [2.05, 4.69) is 21.3 Å². The van der Waals surface area contributed by atoms with E-state index in [1.165, 1.54) is 17.8 Å². The summed E-state index contributed by atoms with van der Waals surface area (Å²) in [6.07, 6.45) is 4.15. The van der Waals surface area contributed by atoms with Crippen molar-refractivity contribution in [3.8, 4) is 5.75 Å². The van der Waals surface area contributed by atoms with Gasteiger partial charge in [0.1, 0.15) is 5.75 Å². The first-order valence-electron chi connectivity index (χ1n) is 8.70. The zero-order valence-electron chi connectivity index (χ0n) is 14.6. The van der Waals surface area contributed by atoms with Crippen molar-refractivity contribution in [1.82, 2.24) is 5.32 Å². The van der Waals surface area contributed by atoms with Crippen LogP contribution < -0.4 is 10.1 Å². The minimum atomic E-state index is -2.93. The van der Waals surface area contributed by atoms with Crippen molar-refractivity contribution in [2.45, 2.75) is 31.9 Å². The van der Waals surface area contributed by atoms with E-state index in [1.54, 1.807) is 18.2 Å². The number of carbonyl (C=O) groups excluding carboxylic acids is 1. The van der Waals surface area contributed by atoms with E-state index in [-0.39, 0.29) is 24.3 Å². The monoisotopic (exact) mass is 374 g/mol. The number of oxime groups is 1. The number of ether oxygens (including phenoxy) is 1. The Balaban J connectivity index is 1.52. The van der Waals surface area contributed by atoms with E-state index >= 15 is 0 Å². The lowest BCUT2D eigenvalue weighted by molar-refractivity contribution is -0.126. The summed E-state index contributed by atoms with van der Waals surface area (Å²) in [6, 6.07) is 14.2. The largest absolute Gasteiger partial charge is 0.434 e. The normalized spacial score (nSPS) is 16.2. The number of amides is 1. The van der Waals surface area contributed by atoms with E-state index in [9.17, 15) is 13.6 Å². The maximum Gasteiger partial charge on any atom is 0.387 e. The van der Waals surface area contributed by atoms with Crippen LogP contribution in [-0.4, -0.2) is 25.3 Å². The zero-order chi connectivity index (χ0) is 19.1. The summed E-state index contributed by atoms with van der Waals surface area (Å²) in [5, 5.41) is 6.63. The van der Waals surface area contributed by atoms with Crippen molar-refractivity contribution < 1.29 is 23.1 Å². The lowest BCUT2D eigenvalue weighted by atomic mass is 9.88. The van der Waals surface area contributed by atoms with Gasteiger partial charge in [-0.15, -0.1) is 0 Å². The number of nitrogens with one attached hydrogen (secondary N) is 1. The van der Waals surface area contributed by atoms with Gasteiger partial charge in [-0.2, -0.15) is 8.78 Å². The number of alkyl halides is 2. The van der Waals surface area contributed by atoms with E-state index in [0.717, 1.165) is 24.8 Å². The highest BCUT2D eigenvalue weighted by Gasteiger charge is 2.21. The third-order valence-electron chi connectivity index (χ3n) is 4.30. The van der Waals surface area contributed by atoms with E-state index in [4.69, 9.17) is 4.84 Å². The number of halogens is 2. The van der Waals surface area contributed by atoms with Gasteiger partial charge in [0.2, 0.25) is 0 Å². The fourth-order valence-electron chi connectivity index (χ4n) is 3.12. The summed E-state index contributed by atoms with van der Waals surface area (Å²) in [7, 11) is 0. The standard InChI is InChI=1S/C20H20F2N2O3/c21-20(22)27-18-11-4-2-7-15(18)12-23-26-13-19(25)24-17-10-5-8-14-6-1-3-9-16(14)17/h1-4,6-7,9,11-12,17,20H,5,8,10,13H2,(H,24,25)/b23-12-/t17-/m0/s1. The molecule has 1 atom stereocenters. The van der Waals surface area contributed by atoms with E-state index < -0.39 is 6.61 Å². The minimum Gasteiger partial charge on any atom is -0.434 e. The van der Waals surface area contributed by atoms with Crippen LogP contribution in [0.3, 0.4) is 0 Å². The third kappa shape index (κ3) is 5.26. The summed E-state index contributed by atoms with van der Waals surface area (Å²) in [5.41, 5.74) is 2.72. The second kappa shape index (κ2) is 9.12. The van der Waals surface area contributed by atoms with Crippen LogP contribution >= 0.6 is 0 Å². The molecule has 2 aromatic carbocycles. The second-order valence-corrected chi connectivity index (χ2v) is 6.14. The van der Waals surface area contributed by atoms with E-state index in [0.29, 0.717) is 5.56 Å². The predicted molar refractivity (Wildman–Crippen MR) is 96.9 cm³/mol. The van der Waals surface area contributed by atoms with Gasteiger partial charge in [-0.1, -0.05) is 41.6 Å². The molecule has 1 aliphatic carbocycles. The first-order valence-corrected chi connectivity index (χ1v) is 8.70. The Morgan fingerprint density at radius 2 is 2.00 bits per heavy atom. The maximum absolute atomic E-state index is 12.4. The molecule has 0 radical (unpaired) electrons. The van der Waals surface area contributed by atoms with Crippen molar-refractivity contribution in [2.24, 2.45) is 5.16 Å². The summed E-state index contributed by atoms with van der Waals surface area (Å²) in [4.78, 5) is 17.1. The smallest absolute Gasteiger partial charge is 0.387 e. The summed E-state index contributed by atoms with van der Waals surface area (Å²) in [5.74, 6) is -0.297. The number of aryl methyl sites for hydroxylation is 1. The minimum absolute atomic E-state index is 0.0110. The van der Waals surface area contributed by atoms with Gasteiger partial charge in [-0.05, 0) is 42.5 Å². The SMILES string of the molecule is O=C(CO/N=C\c1ccccc1OC(F)F)N[C@H]1CCCc2ccccc21. The number of hydrogen-bond acceptors (Lipinski definition) is 4. The van der Waals surface area contributed by atoms with Gasteiger partial charge >= 0.3 is 6.61 Å². The molecule has 1 aliphatic rings. The molecule has 0 unspecified atom stereocenters. The molecule has 0 heterocycles. The molecule has 0 aliphatic heterocycles. The van der Waals surface area contributed by atoms with Gasteiger partial charge in [0.05, 0.1) is 12.3 Å². The van der Waals surface area contributed by atoms with Crippen LogP contribution in [0.1, 0.15) is 35.6 Å². The number of carbonyl (C=O) groups is 1. The Hall–Kier alpha value is -2.96. The Morgan fingerprint density at radius 1 is 1.22 bits per heavy atom. The van der Waals surface area contributed by atoms with Crippen molar-refractivity contribution in [2.75, 3.05) is 6.61 Å². The molecule has 2 aromatic rings. The molecule has 0 saturated carbocycles. The molecule has 142 valence electrons. The van der Waals surface area contributed by atoms with Gasteiger partial charge in [0, 0.05) is 5.56 Å². The van der Waals surface area contributed by atoms with Crippen LogP contribution in [0.4, 0.5) is 8.78 Å². The summed E-state index contributed by atoms with van der Waals surface area (Å²) in [6.45, 7) is -3.18. The first-order chi connectivity index (χ1) is 13.1. The van der Waals surface area contributed by atoms with Crippen LogP contribution in [0, 0.1) is 0 Å². The van der Waals surface area contributed by atoms with Crippen molar-refractivity contribution in [1.29, 1.82) is 0 Å². The van der Waals surface area contributed by atoms with Crippen LogP contribution in [0.15, 0.2) is 53.7 Å². The first kappa shape index (κ1) is 18.8. The molecule has 0 saturated heterocycles. The molecule has 1 amide bonds. The quantitative estimate of drug-likeness (QED) is 0.592. The topological polar surface area (TPSA) is 59.9 Å². The molecule has 0 spiro atoms. The Labute approximate surface area is 156 Å². The molecule has 0 aromatic heterocycles. The van der Waals surface area contributed by atoms with Crippen LogP contribution in [-0.2, 0) is 16.1 Å². The van der Waals surface area contributed by atoms with E-state index in [1.807, 2.05) is 18.2 Å². The number of fused-ring (bicyclic) bond motifs is 1. The van der Waals surface area contributed by atoms with Crippen LogP contribution in [0.25, 0.3) is 0 Å². The number of para-hydroxylation sites is 1. The second-order valence-electron chi connectivity index (χ2n) is 6.14. The average molecular weight is 374 g/mol. The molecule has 3 rings (SSSR count). The zero-order valence-corrected chi connectivity index (χ0v) is 14.6. The van der Waals surface area contributed by atoms with Crippen molar-refractivity contribution >= 4 is 12.1 Å². The van der Waals surface area contributed by atoms with Crippen LogP contribution in [0.2, 0.25) is 0 Å². The third-order valence-corrected chi connectivity index (χ3v) is 4.30. The molecule has 7 heteroatoms. The molecule has 1 N–H and O–H groups in total. The molecule has 0 fully saturated rings. The summed E-state index contributed by atoms with van der Waals surface area (Å²) < 4.78 is 29.1. The lowest BCUT2D eigenvalue weighted by Gasteiger charge is -2.26. The maximum atomic E-state index is 12.4. The number of benzene rings is 2. The molecular formula is C20H20F2N2O3. The number of rotatable bonds is 7. The van der Waals surface area contributed by atoms with Gasteiger partial charge in [-0.25, -0.2) is 0 Å². The Morgan fingerprint density at radius 3 is 2.85 bits per heavy atom. The highest BCUT2D eigenvalue weighted by Crippen LogP contribution is 2.29. The number of nitrogens with zero attached hydrogens (tertiary/aromatic N) is 1. The highest BCUT2D eigenvalue weighted by molar-refractivity contribution is 5.83. The van der Waals surface area contributed by atoms with Crippen LogP contribution in [0.5, 0.6) is 5.75 Å². The van der Waals surface area contributed by atoms with Gasteiger partial charge < -0.3 is 14.9 Å². The fraction of sp³-hybridized carbons (Fsp3) is 0.300. The fourth-order valence-corrected chi connectivity index (χ4v) is 3.12. The summed E-state index contributed by atoms with van der Waals surface area (Å²) >= 11 is 0. The average Bonchev–Trinajstić information content (AvgIpc) is 2.66. The highest BCUT2D eigenvalue weighted by atomic mass is 19.3. The number of hydrogen-bond donors (Lipinski definition) is 1.